The Morgan fingerprint density at radius 3 is 2.80 bits per heavy atom. The van der Waals surface area contributed by atoms with Crippen molar-refractivity contribution >= 4 is 5.97 Å². The van der Waals surface area contributed by atoms with Crippen molar-refractivity contribution < 1.29 is 22.3 Å². The predicted octanol–water partition coefficient (Wildman–Crippen LogP) is -1.83. The second kappa shape index (κ2) is 4.56. The molecule has 6 heteroatoms. The zero-order valence-electron chi connectivity index (χ0n) is 7.51. The zero-order chi connectivity index (χ0) is 9.97. The third kappa shape index (κ3) is 2.32. The molecule has 0 aliphatic carbocycles. The van der Waals surface area contributed by atoms with Gasteiger partial charge in [-0.1, -0.05) is 0 Å². The number of carboxylic acids is 1. The maximum Gasteiger partial charge on any atom is 0.353 e. The lowest BCUT2D eigenvalue weighted by atomic mass is 10.2. The molecule has 2 rings (SSSR count). The molecule has 15 heavy (non-hydrogen) atoms. The summed E-state index contributed by atoms with van der Waals surface area (Å²) >= 11 is 0. The summed E-state index contributed by atoms with van der Waals surface area (Å²) in [6.45, 7) is 0. The molecule has 0 bridgehead atoms. The third-order valence-electron chi connectivity index (χ3n) is 1.77. The Labute approximate surface area is 91.6 Å². The van der Waals surface area contributed by atoms with E-state index >= 15 is 0 Å². The van der Waals surface area contributed by atoms with Crippen molar-refractivity contribution in [2.24, 2.45) is 0 Å². The first-order valence-electron chi connectivity index (χ1n) is 3.96. The second-order valence-corrected chi connectivity index (χ2v) is 2.71. The number of aromatic nitrogens is 3. The minimum atomic E-state index is -1.02. The fraction of sp³-hybridized carbons (Fsp3) is 0. The molecule has 0 unspecified atom stereocenters. The van der Waals surface area contributed by atoms with Crippen LogP contribution in [0.4, 0.5) is 0 Å². The molecule has 5 nitrogen and oxygen atoms in total. The molecule has 78 valence electrons. The van der Waals surface area contributed by atoms with Gasteiger partial charge in [0.05, 0.1) is 5.69 Å². The van der Waals surface area contributed by atoms with Crippen LogP contribution in [0.15, 0.2) is 30.6 Å². The highest BCUT2D eigenvalue weighted by molar-refractivity contribution is 5.86. The molecule has 0 fully saturated rings. The van der Waals surface area contributed by atoms with Crippen LogP contribution in [-0.4, -0.2) is 26.3 Å². The number of nitrogens with zero attached hydrogens (tertiary/aromatic N) is 2. The highest BCUT2D eigenvalue weighted by atomic mass is 35.5. The van der Waals surface area contributed by atoms with Crippen LogP contribution in [0, 0.1) is 0 Å². The van der Waals surface area contributed by atoms with E-state index in [1.165, 1.54) is 6.07 Å². The summed E-state index contributed by atoms with van der Waals surface area (Å²) in [5, 5.41) is 14.9. The molecule has 0 aliphatic rings. The van der Waals surface area contributed by atoms with E-state index in [1.807, 2.05) is 6.07 Å². The molecule has 0 aromatic carbocycles. The largest absolute Gasteiger partial charge is 1.00 e. The predicted molar refractivity (Wildman–Crippen MR) is 48.8 cm³/mol. The first-order chi connectivity index (χ1) is 6.77. The molecule has 0 radical (unpaired) electrons. The number of aromatic carboxylic acids is 1. The Kier molecular flexibility index (Phi) is 3.41. The molecule has 0 aliphatic heterocycles. The lowest BCUT2D eigenvalue weighted by Crippen LogP contribution is -3.00. The van der Waals surface area contributed by atoms with Crippen molar-refractivity contribution in [3.8, 4) is 11.3 Å². The summed E-state index contributed by atoms with van der Waals surface area (Å²) in [4.78, 5) is 14.5. The van der Waals surface area contributed by atoms with Gasteiger partial charge in [0.25, 0.3) is 0 Å². The number of H-pyrrole nitrogens is 1. The van der Waals surface area contributed by atoms with Crippen LogP contribution < -0.4 is 12.4 Å². The maximum atomic E-state index is 10.6. The fourth-order valence-electron chi connectivity index (χ4n) is 1.09. The van der Waals surface area contributed by atoms with Crippen LogP contribution >= 0.6 is 0 Å². The van der Waals surface area contributed by atoms with E-state index in [2.05, 4.69) is 15.2 Å². The molecule has 0 saturated carbocycles. The molecule has 2 heterocycles. The molecule has 0 spiro atoms. The Bertz CT molecular complexity index is 455. The van der Waals surface area contributed by atoms with Gasteiger partial charge < -0.3 is 17.5 Å². The molecular weight excluding hydrogens is 218 g/mol. The van der Waals surface area contributed by atoms with E-state index in [0.717, 1.165) is 5.56 Å². The van der Waals surface area contributed by atoms with Gasteiger partial charge in [0.15, 0.2) is 0 Å². The average Bonchev–Trinajstić information content (AvgIpc) is 2.68. The lowest BCUT2D eigenvalue weighted by molar-refractivity contribution is -0.0000185. The summed E-state index contributed by atoms with van der Waals surface area (Å²) in [5.74, 6) is -1.02. The number of hydrogen-bond acceptors (Lipinski definition) is 3. The number of hydrogen-bond donors (Lipinski definition) is 2. The third-order valence-corrected chi connectivity index (χ3v) is 1.77. The Hall–Kier alpha value is -1.88. The quantitative estimate of drug-likeness (QED) is 0.629. The van der Waals surface area contributed by atoms with E-state index in [9.17, 15) is 4.79 Å². The number of pyridine rings is 1. The maximum absolute atomic E-state index is 10.6. The van der Waals surface area contributed by atoms with Crippen LogP contribution in [0.1, 0.15) is 10.5 Å². The van der Waals surface area contributed by atoms with Gasteiger partial charge in [-0.3, -0.25) is 10.1 Å². The van der Waals surface area contributed by atoms with Crippen LogP contribution in [0.3, 0.4) is 0 Å². The summed E-state index contributed by atoms with van der Waals surface area (Å²) in [7, 11) is 0. The van der Waals surface area contributed by atoms with E-state index in [4.69, 9.17) is 5.11 Å². The van der Waals surface area contributed by atoms with Crippen molar-refractivity contribution in [2.45, 2.75) is 0 Å². The topological polar surface area (TPSA) is 78.9 Å². The van der Waals surface area contributed by atoms with Crippen molar-refractivity contribution in [1.82, 2.24) is 15.2 Å². The SMILES string of the molecule is O=C(O)c1cc(-c2cccnc2)n[nH]1.[Cl-]. The van der Waals surface area contributed by atoms with Crippen molar-refractivity contribution in [1.29, 1.82) is 0 Å². The standard InChI is InChI=1S/C9H7N3O2.ClH/c13-9(14)8-4-7(11-12-8)6-2-1-3-10-5-6;/h1-5H,(H,11,12)(H,13,14);1H/p-1. The fourth-order valence-corrected chi connectivity index (χ4v) is 1.09. The van der Waals surface area contributed by atoms with Gasteiger partial charge in [0.2, 0.25) is 0 Å². The number of rotatable bonds is 2. The number of nitrogens with one attached hydrogen (secondary N) is 1. The lowest BCUT2D eigenvalue weighted by Gasteiger charge is -1.91. The van der Waals surface area contributed by atoms with Crippen LogP contribution in [-0.2, 0) is 0 Å². The zero-order valence-corrected chi connectivity index (χ0v) is 8.27. The van der Waals surface area contributed by atoms with Gasteiger partial charge in [-0.2, -0.15) is 5.10 Å². The Morgan fingerprint density at radius 2 is 2.27 bits per heavy atom. The van der Waals surface area contributed by atoms with Gasteiger partial charge in [-0.15, -0.1) is 0 Å². The van der Waals surface area contributed by atoms with Gasteiger partial charge in [0, 0.05) is 18.0 Å². The van der Waals surface area contributed by atoms with E-state index in [-0.39, 0.29) is 18.1 Å². The van der Waals surface area contributed by atoms with Crippen molar-refractivity contribution in [3.63, 3.8) is 0 Å². The first-order valence-corrected chi connectivity index (χ1v) is 3.96. The Balaban J connectivity index is 0.00000112. The van der Waals surface area contributed by atoms with Gasteiger partial charge >= 0.3 is 5.97 Å². The number of carboxylic acid groups (broad SMARTS) is 1. The second-order valence-electron chi connectivity index (χ2n) is 2.71. The smallest absolute Gasteiger partial charge is 0.353 e. The molecule has 2 N–H and O–H groups in total. The van der Waals surface area contributed by atoms with Crippen molar-refractivity contribution in [2.75, 3.05) is 0 Å². The van der Waals surface area contributed by atoms with Crippen LogP contribution in [0.25, 0.3) is 11.3 Å². The molecule has 0 amide bonds. The van der Waals surface area contributed by atoms with Gasteiger partial charge in [-0.25, -0.2) is 4.79 Å². The van der Waals surface area contributed by atoms with Gasteiger partial charge in [-0.05, 0) is 18.2 Å². The minimum absolute atomic E-state index is 0. The number of aromatic amines is 1. The molecule has 2 aromatic rings. The number of carbonyl (C=O) groups is 1. The van der Waals surface area contributed by atoms with Crippen LogP contribution in [0.5, 0.6) is 0 Å². The molecule has 0 saturated heterocycles. The summed E-state index contributed by atoms with van der Waals surface area (Å²) in [5.41, 5.74) is 1.44. The molecule has 0 atom stereocenters. The molecular formula is C9H7ClN3O2-. The average molecular weight is 225 g/mol. The van der Waals surface area contributed by atoms with Gasteiger partial charge in [0.1, 0.15) is 5.69 Å². The minimum Gasteiger partial charge on any atom is -1.00 e. The normalized spacial score (nSPS) is 9.33. The summed E-state index contributed by atoms with van der Waals surface area (Å²) in [6, 6.07) is 5.05. The van der Waals surface area contributed by atoms with E-state index in [1.54, 1.807) is 18.5 Å². The van der Waals surface area contributed by atoms with E-state index < -0.39 is 5.97 Å². The highest BCUT2D eigenvalue weighted by Crippen LogP contribution is 2.15. The monoisotopic (exact) mass is 224 g/mol. The number of halogens is 1. The molecule has 2 aromatic heterocycles. The van der Waals surface area contributed by atoms with Crippen molar-refractivity contribution in [3.05, 3.63) is 36.3 Å². The first kappa shape index (κ1) is 11.2. The van der Waals surface area contributed by atoms with Crippen LogP contribution in [0.2, 0.25) is 0 Å². The Morgan fingerprint density at radius 1 is 1.47 bits per heavy atom. The summed E-state index contributed by atoms with van der Waals surface area (Å²) in [6.07, 6.45) is 3.27. The highest BCUT2D eigenvalue weighted by Gasteiger charge is 2.08. The van der Waals surface area contributed by atoms with E-state index in [0.29, 0.717) is 5.69 Å². The summed E-state index contributed by atoms with van der Waals surface area (Å²) < 4.78 is 0.